The normalized spacial score (nSPS) is 13.3. The Balaban J connectivity index is 2.01. The minimum atomic E-state index is -1.26. The molecule has 0 aliphatic carbocycles. The van der Waals surface area contributed by atoms with Crippen molar-refractivity contribution < 1.29 is 9.00 Å². The van der Waals surface area contributed by atoms with Gasteiger partial charge in [-0.3, -0.25) is 9.00 Å². The minimum Gasteiger partial charge on any atom is -0.351 e. The van der Waals surface area contributed by atoms with Gasteiger partial charge in [-0.1, -0.05) is 6.07 Å². The summed E-state index contributed by atoms with van der Waals surface area (Å²) >= 11 is 0. The fourth-order valence-corrected chi connectivity index (χ4v) is 3.02. The number of amides is 1. The van der Waals surface area contributed by atoms with Crippen molar-refractivity contribution in [2.45, 2.75) is 39.0 Å². The fraction of sp³-hybridized carbons (Fsp3) is 0.467. The van der Waals surface area contributed by atoms with Gasteiger partial charge in [-0.05, 0) is 39.8 Å². The first-order valence-corrected chi connectivity index (χ1v) is 8.33. The third-order valence-electron chi connectivity index (χ3n) is 2.86. The summed E-state index contributed by atoms with van der Waals surface area (Å²) in [5.41, 5.74) is 2.34. The van der Waals surface area contributed by atoms with Crippen molar-refractivity contribution in [3.05, 3.63) is 35.8 Å². The van der Waals surface area contributed by atoms with Gasteiger partial charge < -0.3 is 9.72 Å². The molecule has 0 unspecified atom stereocenters. The first-order valence-electron chi connectivity index (χ1n) is 6.84. The van der Waals surface area contributed by atoms with Crippen molar-refractivity contribution >= 4 is 22.4 Å². The molecule has 1 N–H and O–H groups in total. The van der Waals surface area contributed by atoms with E-state index < -0.39 is 10.8 Å². The summed E-state index contributed by atoms with van der Waals surface area (Å²) in [6.45, 7) is 7.70. The highest BCUT2D eigenvalue weighted by Gasteiger charge is 2.16. The van der Waals surface area contributed by atoms with Gasteiger partial charge in [-0.2, -0.15) is 0 Å². The number of hydrogen-bond acceptors (Lipinski definition) is 3. The van der Waals surface area contributed by atoms with Crippen LogP contribution >= 0.6 is 0 Å². The average molecular weight is 307 g/mol. The van der Waals surface area contributed by atoms with Crippen LogP contribution in [0.15, 0.2) is 24.4 Å². The SMILES string of the molecule is Cc1cccc2nc(C[S@@](=O)CC(=O)NC(C)(C)C)cn12. The Morgan fingerprint density at radius 1 is 1.38 bits per heavy atom. The maximum Gasteiger partial charge on any atom is 0.233 e. The molecule has 2 rings (SSSR count). The second-order valence-corrected chi connectivity index (χ2v) is 7.61. The zero-order valence-electron chi connectivity index (χ0n) is 12.8. The van der Waals surface area contributed by atoms with Crippen molar-refractivity contribution in [2.75, 3.05) is 5.75 Å². The van der Waals surface area contributed by atoms with E-state index in [4.69, 9.17) is 0 Å². The fourth-order valence-electron chi connectivity index (χ4n) is 2.08. The molecular formula is C15H21N3O2S. The molecule has 0 aromatic carbocycles. The molecule has 0 radical (unpaired) electrons. The molecule has 0 bridgehead atoms. The summed E-state index contributed by atoms with van der Waals surface area (Å²) in [5.74, 6) is 0.101. The molecule has 5 nitrogen and oxygen atoms in total. The van der Waals surface area contributed by atoms with Crippen LogP contribution in [0.5, 0.6) is 0 Å². The second kappa shape index (κ2) is 5.97. The lowest BCUT2D eigenvalue weighted by Gasteiger charge is -2.20. The van der Waals surface area contributed by atoms with E-state index in [1.165, 1.54) is 0 Å². The van der Waals surface area contributed by atoms with E-state index in [1.54, 1.807) is 0 Å². The van der Waals surface area contributed by atoms with Crippen LogP contribution in [-0.2, 0) is 21.3 Å². The molecule has 21 heavy (non-hydrogen) atoms. The van der Waals surface area contributed by atoms with E-state index >= 15 is 0 Å². The Labute approximate surface area is 127 Å². The van der Waals surface area contributed by atoms with E-state index in [9.17, 15) is 9.00 Å². The van der Waals surface area contributed by atoms with Crippen LogP contribution in [0, 0.1) is 6.92 Å². The average Bonchev–Trinajstić information content (AvgIpc) is 2.69. The Kier molecular flexibility index (Phi) is 4.46. The first-order chi connectivity index (χ1) is 9.74. The summed E-state index contributed by atoms with van der Waals surface area (Å²) < 4.78 is 14.0. The van der Waals surface area contributed by atoms with Crippen LogP contribution < -0.4 is 5.32 Å². The Hall–Kier alpha value is -1.69. The lowest BCUT2D eigenvalue weighted by molar-refractivity contribution is -0.119. The molecule has 0 aliphatic rings. The largest absolute Gasteiger partial charge is 0.351 e. The molecule has 6 heteroatoms. The third kappa shape index (κ3) is 4.39. The quantitative estimate of drug-likeness (QED) is 0.937. The topological polar surface area (TPSA) is 63.5 Å². The number of hydrogen-bond donors (Lipinski definition) is 1. The standard InChI is InChI=1S/C15H21N3O2S/c1-11-6-5-7-13-16-12(8-18(11)13)9-21(20)10-14(19)17-15(2,3)4/h5-8H,9-10H2,1-4H3,(H,17,19)/t21-/m1/s1. The highest BCUT2D eigenvalue weighted by Crippen LogP contribution is 2.10. The van der Waals surface area contributed by atoms with Crippen molar-refractivity contribution in [2.24, 2.45) is 0 Å². The monoisotopic (exact) mass is 307 g/mol. The number of fused-ring (bicyclic) bond motifs is 1. The summed E-state index contributed by atoms with van der Waals surface area (Å²) in [5, 5.41) is 2.81. The smallest absolute Gasteiger partial charge is 0.233 e. The number of carbonyl (C=O) groups is 1. The number of rotatable bonds is 4. The highest BCUT2D eigenvalue weighted by atomic mass is 32.2. The van der Waals surface area contributed by atoms with E-state index in [-0.39, 0.29) is 17.2 Å². The molecule has 1 amide bonds. The number of aryl methyl sites for hydroxylation is 1. The molecule has 0 spiro atoms. The molecule has 114 valence electrons. The van der Waals surface area contributed by atoms with Crippen molar-refractivity contribution in [1.82, 2.24) is 14.7 Å². The number of nitrogens with one attached hydrogen (secondary N) is 1. The number of carbonyl (C=O) groups excluding carboxylic acids is 1. The van der Waals surface area contributed by atoms with Crippen molar-refractivity contribution in [3.8, 4) is 0 Å². The van der Waals surface area contributed by atoms with Gasteiger partial charge in [0.1, 0.15) is 11.4 Å². The van der Waals surface area contributed by atoms with E-state index in [0.717, 1.165) is 17.0 Å². The number of aromatic nitrogens is 2. The van der Waals surface area contributed by atoms with Gasteiger partial charge in [0.2, 0.25) is 5.91 Å². The second-order valence-electron chi connectivity index (χ2n) is 6.15. The van der Waals surface area contributed by atoms with Crippen LogP contribution in [0.2, 0.25) is 0 Å². The zero-order valence-corrected chi connectivity index (χ0v) is 13.7. The molecule has 2 heterocycles. The number of nitrogens with zero attached hydrogens (tertiary/aromatic N) is 2. The molecule has 2 aromatic heterocycles. The van der Waals surface area contributed by atoms with Gasteiger partial charge in [0.25, 0.3) is 0 Å². The summed E-state index contributed by atoms with van der Waals surface area (Å²) in [6, 6.07) is 5.84. The third-order valence-corrected chi connectivity index (χ3v) is 4.06. The van der Waals surface area contributed by atoms with Crippen LogP contribution in [-0.4, -0.2) is 30.8 Å². The van der Waals surface area contributed by atoms with Gasteiger partial charge >= 0.3 is 0 Å². The zero-order chi connectivity index (χ0) is 15.6. The summed E-state index contributed by atoms with van der Waals surface area (Å²) in [7, 11) is -1.26. The van der Waals surface area contributed by atoms with Crippen molar-refractivity contribution in [3.63, 3.8) is 0 Å². The first kappa shape index (κ1) is 15.7. The lowest BCUT2D eigenvalue weighted by Crippen LogP contribution is -2.42. The lowest BCUT2D eigenvalue weighted by atomic mass is 10.1. The molecule has 0 aliphatic heterocycles. The Bertz CT molecular complexity index is 686. The minimum absolute atomic E-state index is 0.00409. The highest BCUT2D eigenvalue weighted by molar-refractivity contribution is 7.84. The van der Waals surface area contributed by atoms with Crippen LogP contribution in [0.1, 0.15) is 32.2 Å². The predicted octanol–water partition coefficient (Wildman–Crippen LogP) is 1.81. The van der Waals surface area contributed by atoms with E-state index in [0.29, 0.717) is 5.75 Å². The maximum atomic E-state index is 12.1. The van der Waals surface area contributed by atoms with Gasteiger partial charge in [0.15, 0.2) is 0 Å². The van der Waals surface area contributed by atoms with Crippen molar-refractivity contribution in [1.29, 1.82) is 0 Å². The summed E-state index contributed by atoms with van der Waals surface area (Å²) in [4.78, 5) is 16.2. The predicted molar refractivity (Wildman–Crippen MR) is 84.5 cm³/mol. The Morgan fingerprint density at radius 2 is 2.10 bits per heavy atom. The Morgan fingerprint density at radius 3 is 2.71 bits per heavy atom. The molecule has 0 fully saturated rings. The molecule has 2 aromatic rings. The number of imidazole rings is 1. The van der Waals surface area contributed by atoms with Crippen LogP contribution in [0.4, 0.5) is 0 Å². The van der Waals surface area contributed by atoms with E-state index in [2.05, 4.69) is 10.3 Å². The van der Waals surface area contributed by atoms with Gasteiger partial charge in [0.05, 0.1) is 11.4 Å². The van der Waals surface area contributed by atoms with Gasteiger partial charge in [-0.25, -0.2) is 4.98 Å². The van der Waals surface area contributed by atoms with Gasteiger partial charge in [-0.15, -0.1) is 0 Å². The van der Waals surface area contributed by atoms with Crippen LogP contribution in [0.3, 0.4) is 0 Å². The summed E-state index contributed by atoms with van der Waals surface area (Å²) in [6.07, 6.45) is 1.88. The molecule has 1 atom stereocenters. The molecular weight excluding hydrogens is 286 g/mol. The maximum absolute atomic E-state index is 12.1. The van der Waals surface area contributed by atoms with Gasteiger partial charge in [0, 0.05) is 28.2 Å². The van der Waals surface area contributed by atoms with Crippen LogP contribution in [0.25, 0.3) is 5.65 Å². The molecule has 0 saturated carbocycles. The number of pyridine rings is 1. The molecule has 0 saturated heterocycles. The van der Waals surface area contributed by atoms with E-state index in [1.807, 2.05) is 56.5 Å².